The summed E-state index contributed by atoms with van der Waals surface area (Å²) in [5, 5.41) is 2.86. The molecule has 1 amide bonds. The summed E-state index contributed by atoms with van der Waals surface area (Å²) >= 11 is 3.27. The fourth-order valence-electron chi connectivity index (χ4n) is 1.16. The van der Waals surface area contributed by atoms with Crippen molar-refractivity contribution in [2.75, 3.05) is 6.54 Å². The van der Waals surface area contributed by atoms with Crippen LogP contribution in [0.1, 0.15) is 23.3 Å². The Morgan fingerprint density at radius 3 is 2.93 bits per heavy atom. The van der Waals surface area contributed by atoms with Crippen LogP contribution in [0.3, 0.4) is 0 Å². The Balaban J connectivity index is 1.92. The molecular formula is C10H11BrN2O. The van der Waals surface area contributed by atoms with Gasteiger partial charge < -0.3 is 5.32 Å². The Morgan fingerprint density at radius 1 is 1.57 bits per heavy atom. The number of nitrogens with one attached hydrogen (secondary N) is 1. The lowest BCUT2D eigenvalue weighted by molar-refractivity contribution is 0.0947. The van der Waals surface area contributed by atoms with Crippen LogP contribution in [0.5, 0.6) is 0 Å². The molecule has 2 rings (SSSR count). The van der Waals surface area contributed by atoms with Crippen molar-refractivity contribution in [3.8, 4) is 0 Å². The molecule has 0 aliphatic heterocycles. The summed E-state index contributed by atoms with van der Waals surface area (Å²) in [6.45, 7) is 0.788. The predicted octanol–water partition coefficient (Wildman–Crippen LogP) is 1.98. The molecule has 1 aliphatic carbocycles. The minimum absolute atomic E-state index is 0.0793. The Hall–Kier alpha value is -0.900. The molecule has 1 heterocycles. The number of nitrogens with zero attached hydrogens (tertiary/aromatic N) is 1. The maximum atomic E-state index is 11.5. The molecule has 0 saturated heterocycles. The lowest BCUT2D eigenvalue weighted by Gasteiger charge is -2.02. The molecule has 0 unspecified atom stereocenters. The monoisotopic (exact) mass is 254 g/mol. The van der Waals surface area contributed by atoms with Gasteiger partial charge in [-0.2, -0.15) is 0 Å². The first-order valence-corrected chi connectivity index (χ1v) is 5.45. The lowest BCUT2D eigenvalue weighted by atomic mass is 10.3. The summed E-state index contributed by atoms with van der Waals surface area (Å²) in [5.41, 5.74) is 0.480. The third-order valence-corrected chi connectivity index (χ3v) is 2.68. The largest absolute Gasteiger partial charge is 0.350 e. The molecule has 0 atom stereocenters. The van der Waals surface area contributed by atoms with Crippen LogP contribution in [-0.2, 0) is 0 Å². The molecular weight excluding hydrogens is 244 g/mol. The lowest BCUT2D eigenvalue weighted by Crippen LogP contribution is -2.26. The summed E-state index contributed by atoms with van der Waals surface area (Å²) in [6, 6.07) is 3.53. The molecule has 0 aromatic carbocycles. The summed E-state index contributed by atoms with van der Waals surface area (Å²) in [6.07, 6.45) is 4.12. The molecule has 14 heavy (non-hydrogen) atoms. The van der Waals surface area contributed by atoms with Crippen molar-refractivity contribution in [3.63, 3.8) is 0 Å². The Labute approximate surface area is 91.0 Å². The smallest absolute Gasteiger partial charge is 0.269 e. The van der Waals surface area contributed by atoms with Gasteiger partial charge in [0.15, 0.2) is 0 Å². The SMILES string of the molecule is O=C(NCC1CC1)c1ccc(Br)cn1. The second kappa shape index (κ2) is 4.09. The summed E-state index contributed by atoms with van der Waals surface area (Å²) < 4.78 is 0.885. The third-order valence-electron chi connectivity index (χ3n) is 2.21. The van der Waals surface area contributed by atoms with E-state index in [4.69, 9.17) is 0 Å². The average molecular weight is 255 g/mol. The molecule has 0 spiro atoms. The van der Waals surface area contributed by atoms with Gasteiger partial charge in [0.1, 0.15) is 5.69 Å². The van der Waals surface area contributed by atoms with Crippen molar-refractivity contribution in [2.45, 2.75) is 12.8 Å². The zero-order valence-electron chi connectivity index (χ0n) is 7.66. The quantitative estimate of drug-likeness (QED) is 0.897. The second-order valence-electron chi connectivity index (χ2n) is 3.52. The first-order chi connectivity index (χ1) is 6.75. The average Bonchev–Trinajstić information content (AvgIpc) is 2.99. The first-order valence-electron chi connectivity index (χ1n) is 4.65. The number of halogens is 1. The van der Waals surface area contributed by atoms with Gasteiger partial charge in [0, 0.05) is 17.2 Å². The van der Waals surface area contributed by atoms with Gasteiger partial charge in [0.05, 0.1) is 0 Å². The minimum atomic E-state index is -0.0793. The van der Waals surface area contributed by atoms with E-state index in [-0.39, 0.29) is 5.91 Å². The molecule has 1 aromatic heterocycles. The Bertz CT molecular complexity index is 332. The van der Waals surface area contributed by atoms with Gasteiger partial charge in [0.25, 0.3) is 5.91 Å². The van der Waals surface area contributed by atoms with Crippen LogP contribution in [0.25, 0.3) is 0 Å². The zero-order valence-corrected chi connectivity index (χ0v) is 9.25. The number of hydrogen-bond donors (Lipinski definition) is 1. The number of carbonyl (C=O) groups is 1. The summed E-state index contributed by atoms with van der Waals surface area (Å²) in [4.78, 5) is 15.5. The van der Waals surface area contributed by atoms with E-state index in [0.29, 0.717) is 11.6 Å². The number of pyridine rings is 1. The van der Waals surface area contributed by atoms with Crippen molar-refractivity contribution in [1.29, 1.82) is 0 Å². The summed E-state index contributed by atoms with van der Waals surface area (Å²) in [7, 11) is 0. The molecule has 1 N–H and O–H groups in total. The molecule has 0 radical (unpaired) electrons. The van der Waals surface area contributed by atoms with Gasteiger partial charge in [-0.3, -0.25) is 4.79 Å². The number of amides is 1. The maximum Gasteiger partial charge on any atom is 0.269 e. The molecule has 3 nitrogen and oxygen atoms in total. The fourth-order valence-corrected chi connectivity index (χ4v) is 1.39. The van der Waals surface area contributed by atoms with Crippen molar-refractivity contribution in [3.05, 3.63) is 28.5 Å². The normalized spacial score (nSPS) is 15.2. The molecule has 74 valence electrons. The molecule has 0 bridgehead atoms. The van der Waals surface area contributed by atoms with E-state index >= 15 is 0 Å². The van der Waals surface area contributed by atoms with Gasteiger partial charge in [-0.15, -0.1) is 0 Å². The van der Waals surface area contributed by atoms with Crippen molar-refractivity contribution in [2.24, 2.45) is 5.92 Å². The molecule has 4 heteroatoms. The van der Waals surface area contributed by atoms with Crippen LogP contribution >= 0.6 is 15.9 Å². The first kappa shape index (κ1) is 9.65. The predicted molar refractivity (Wildman–Crippen MR) is 57.0 cm³/mol. The highest BCUT2D eigenvalue weighted by molar-refractivity contribution is 9.10. The number of hydrogen-bond acceptors (Lipinski definition) is 2. The van der Waals surface area contributed by atoms with E-state index in [1.54, 1.807) is 12.3 Å². The van der Waals surface area contributed by atoms with E-state index in [0.717, 1.165) is 11.0 Å². The van der Waals surface area contributed by atoms with E-state index in [1.165, 1.54) is 12.8 Å². The minimum Gasteiger partial charge on any atom is -0.350 e. The zero-order chi connectivity index (χ0) is 9.97. The van der Waals surface area contributed by atoms with Crippen molar-refractivity contribution < 1.29 is 4.79 Å². The molecule has 1 aromatic rings. The van der Waals surface area contributed by atoms with Crippen LogP contribution < -0.4 is 5.32 Å². The standard InChI is InChI=1S/C10H11BrN2O/c11-8-3-4-9(12-6-8)10(14)13-5-7-1-2-7/h3-4,6-7H,1-2,5H2,(H,13,14). The fraction of sp³-hybridized carbons (Fsp3) is 0.400. The van der Waals surface area contributed by atoms with Gasteiger partial charge in [0.2, 0.25) is 0 Å². The van der Waals surface area contributed by atoms with Gasteiger partial charge in [-0.25, -0.2) is 4.98 Å². The van der Waals surface area contributed by atoms with Gasteiger partial charge in [-0.1, -0.05) is 0 Å². The van der Waals surface area contributed by atoms with Gasteiger partial charge >= 0.3 is 0 Å². The number of carbonyl (C=O) groups excluding carboxylic acids is 1. The molecule has 1 aliphatic rings. The number of aromatic nitrogens is 1. The van der Waals surface area contributed by atoms with E-state index in [2.05, 4.69) is 26.2 Å². The van der Waals surface area contributed by atoms with Crippen LogP contribution in [0.15, 0.2) is 22.8 Å². The highest BCUT2D eigenvalue weighted by atomic mass is 79.9. The Kier molecular flexibility index (Phi) is 2.82. The van der Waals surface area contributed by atoms with Crippen LogP contribution in [0.2, 0.25) is 0 Å². The summed E-state index contributed by atoms with van der Waals surface area (Å²) in [5.74, 6) is 0.624. The highest BCUT2D eigenvalue weighted by Crippen LogP contribution is 2.27. The van der Waals surface area contributed by atoms with Gasteiger partial charge in [-0.05, 0) is 46.8 Å². The van der Waals surface area contributed by atoms with E-state index in [1.807, 2.05) is 6.07 Å². The highest BCUT2D eigenvalue weighted by Gasteiger charge is 2.21. The molecule has 1 saturated carbocycles. The van der Waals surface area contributed by atoms with Crippen molar-refractivity contribution in [1.82, 2.24) is 10.3 Å². The van der Waals surface area contributed by atoms with Crippen molar-refractivity contribution >= 4 is 21.8 Å². The van der Waals surface area contributed by atoms with E-state index < -0.39 is 0 Å². The maximum absolute atomic E-state index is 11.5. The van der Waals surface area contributed by atoms with Crippen LogP contribution in [-0.4, -0.2) is 17.4 Å². The van der Waals surface area contributed by atoms with E-state index in [9.17, 15) is 4.79 Å². The Morgan fingerprint density at radius 2 is 2.36 bits per heavy atom. The third kappa shape index (κ3) is 2.54. The topological polar surface area (TPSA) is 42.0 Å². The van der Waals surface area contributed by atoms with Crippen LogP contribution in [0, 0.1) is 5.92 Å². The molecule has 1 fully saturated rings. The second-order valence-corrected chi connectivity index (χ2v) is 4.43. The number of rotatable bonds is 3. The van der Waals surface area contributed by atoms with Crippen LogP contribution in [0.4, 0.5) is 0 Å².